The average Bonchev–Trinajstić information content (AvgIpc) is 2.28. The Morgan fingerprint density at radius 1 is 1.53 bits per heavy atom. The minimum atomic E-state index is -0.451. The fourth-order valence-corrected chi connectivity index (χ4v) is 2.35. The van der Waals surface area contributed by atoms with E-state index in [2.05, 4.69) is 33.7 Å². The molecule has 0 saturated heterocycles. The minimum Gasteiger partial charge on any atom is -0.389 e. The summed E-state index contributed by atoms with van der Waals surface area (Å²) in [5, 5.41) is 9.52. The number of aliphatic hydroxyl groups excluding tert-OH is 1. The van der Waals surface area contributed by atoms with Gasteiger partial charge in [-0.2, -0.15) is 0 Å². The lowest BCUT2D eigenvalue weighted by Crippen LogP contribution is -2.24. The van der Waals surface area contributed by atoms with Crippen LogP contribution in [0.5, 0.6) is 0 Å². The summed E-state index contributed by atoms with van der Waals surface area (Å²) in [7, 11) is 0. The van der Waals surface area contributed by atoms with Gasteiger partial charge < -0.3 is 10.0 Å². The zero-order valence-electron chi connectivity index (χ0n) is 10.3. The molecule has 1 rings (SSSR count). The Morgan fingerprint density at radius 3 is 2.71 bits per heavy atom. The zero-order chi connectivity index (χ0) is 12.8. The molecule has 0 fully saturated rings. The Hall–Kier alpha value is -0.980. The molecule has 92 valence electrons. The van der Waals surface area contributed by atoms with Gasteiger partial charge in [-0.05, 0) is 47.0 Å². The molecule has 0 bridgehead atoms. The van der Waals surface area contributed by atoms with Crippen LogP contribution in [0.25, 0.3) is 0 Å². The van der Waals surface area contributed by atoms with E-state index in [1.165, 1.54) is 0 Å². The Balaban J connectivity index is 3.00. The third kappa shape index (κ3) is 3.76. The van der Waals surface area contributed by atoms with Gasteiger partial charge in [0.25, 0.3) is 0 Å². The molecule has 0 heterocycles. The molecule has 0 radical (unpaired) electrons. The molecule has 0 amide bonds. The van der Waals surface area contributed by atoms with Crippen molar-refractivity contribution >= 4 is 21.6 Å². The maximum atomic E-state index is 9.52. The Bertz CT molecular complexity index is 409. The molecule has 1 atom stereocenters. The lowest BCUT2D eigenvalue weighted by Gasteiger charge is -2.23. The van der Waals surface area contributed by atoms with Crippen LogP contribution >= 0.6 is 15.9 Å². The Kier molecular flexibility index (Phi) is 5.54. The normalized spacial score (nSPS) is 11.9. The molecule has 0 aliphatic rings. The molecule has 3 heteroatoms. The van der Waals surface area contributed by atoms with Crippen molar-refractivity contribution in [2.75, 3.05) is 18.0 Å². The van der Waals surface area contributed by atoms with Gasteiger partial charge in [-0.25, -0.2) is 0 Å². The summed E-state index contributed by atoms with van der Waals surface area (Å²) in [6.07, 6.45) is 5.97. The quantitative estimate of drug-likeness (QED) is 0.842. The highest BCUT2D eigenvalue weighted by atomic mass is 79.9. The first-order valence-corrected chi connectivity index (χ1v) is 6.55. The molecule has 1 unspecified atom stereocenters. The molecular formula is C14H18BrNO. The molecular weight excluding hydrogens is 278 g/mol. The third-order valence-electron chi connectivity index (χ3n) is 2.57. The summed E-state index contributed by atoms with van der Waals surface area (Å²) in [5.74, 6) is 2.67. The predicted octanol–water partition coefficient (Wildman–Crippen LogP) is 3.35. The Labute approximate surface area is 112 Å². The van der Waals surface area contributed by atoms with Crippen molar-refractivity contribution in [3.05, 3.63) is 28.2 Å². The van der Waals surface area contributed by atoms with Crippen LogP contribution in [-0.4, -0.2) is 18.2 Å². The van der Waals surface area contributed by atoms with E-state index in [1.54, 1.807) is 6.92 Å². The van der Waals surface area contributed by atoms with Crippen LogP contribution in [0.2, 0.25) is 0 Å². The molecule has 0 aliphatic heterocycles. The standard InChI is InChI=1S/C14H18BrNO/c1-4-8-16(9-5-2)14-7-6-12(11(3)17)10-13(14)15/h1,6-7,10-11,17H,5,8-9H2,2-3H3. The molecule has 0 saturated carbocycles. The van der Waals surface area contributed by atoms with Crippen molar-refractivity contribution in [3.63, 3.8) is 0 Å². The SMILES string of the molecule is C#CCN(CCC)c1ccc(C(C)O)cc1Br. The highest BCUT2D eigenvalue weighted by Gasteiger charge is 2.10. The summed E-state index contributed by atoms with van der Waals surface area (Å²) < 4.78 is 0.972. The van der Waals surface area contributed by atoms with Gasteiger partial charge in [-0.3, -0.25) is 0 Å². The largest absolute Gasteiger partial charge is 0.389 e. The van der Waals surface area contributed by atoms with Crippen molar-refractivity contribution in [2.24, 2.45) is 0 Å². The molecule has 1 N–H and O–H groups in total. The van der Waals surface area contributed by atoms with E-state index in [9.17, 15) is 5.11 Å². The minimum absolute atomic E-state index is 0.451. The maximum absolute atomic E-state index is 9.52. The topological polar surface area (TPSA) is 23.5 Å². The fraction of sp³-hybridized carbons (Fsp3) is 0.429. The number of hydrogen-bond donors (Lipinski definition) is 1. The fourth-order valence-electron chi connectivity index (χ4n) is 1.70. The number of hydrogen-bond acceptors (Lipinski definition) is 2. The number of nitrogens with zero attached hydrogens (tertiary/aromatic N) is 1. The zero-order valence-corrected chi connectivity index (χ0v) is 11.9. The molecule has 1 aromatic carbocycles. The summed E-state index contributed by atoms with van der Waals surface area (Å²) in [5.41, 5.74) is 1.98. The molecule has 2 nitrogen and oxygen atoms in total. The number of halogens is 1. The van der Waals surface area contributed by atoms with Crippen LogP contribution in [0, 0.1) is 12.3 Å². The van der Waals surface area contributed by atoms with Crippen molar-refractivity contribution < 1.29 is 5.11 Å². The number of rotatable bonds is 5. The van der Waals surface area contributed by atoms with Crippen molar-refractivity contribution in [2.45, 2.75) is 26.4 Å². The van der Waals surface area contributed by atoms with E-state index in [0.29, 0.717) is 6.54 Å². The van der Waals surface area contributed by atoms with E-state index >= 15 is 0 Å². The number of benzene rings is 1. The van der Waals surface area contributed by atoms with E-state index in [4.69, 9.17) is 6.42 Å². The number of anilines is 1. The molecule has 1 aromatic rings. The van der Waals surface area contributed by atoms with E-state index in [-0.39, 0.29) is 0 Å². The predicted molar refractivity (Wildman–Crippen MR) is 76.1 cm³/mol. The summed E-state index contributed by atoms with van der Waals surface area (Å²) in [6.45, 7) is 5.41. The molecule has 17 heavy (non-hydrogen) atoms. The number of aliphatic hydroxyl groups is 1. The lowest BCUT2D eigenvalue weighted by atomic mass is 10.1. The first-order valence-electron chi connectivity index (χ1n) is 5.76. The first kappa shape index (κ1) is 14.1. The van der Waals surface area contributed by atoms with Crippen LogP contribution in [0.4, 0.5) is 5.69 Å². The van der Waals surface area contributed by atoms with Crippen molar-refractivity contribution in [1.82, 2.24) is 0 Å². The Morgan fingerprint density at radius 2 is 2.24 bits per heavy atom. The second-order valence-corrected chi connectivity index (χ2v) is 4.87. The molecule has 0 spiro atoms. The first-order chi connectivity index (χ1) is 8.10. The summed E-state index contributed by atoms with van der Waals surface area (Å²) in [6, 6.07) is 5.88. The second kappa shape index (κ2) is 6.68. The average molecular weight is 296 g/mol. The smallest absolute Gasteiger partial charge is 0.0792 e. The monoisotopic (exact) mass is 295 g/mol. The van der Waals surface area contributed by atoms with E-state index in [1.807, 2.05) is 18.2 Å². The van der Waals surface area contributed by atoms with Crippen LogP contribution in [0.3, 0.4) is 0 Å². The number of terminal acetylenes is 1. The van der Waals surface area contributed by atoms with Crippen LogP contribution in [0.1, 0.15) is 31.9 Å². The lowest BCUT2D eigenvalue weighted by molar-refractivity contribution is 0.199. The second-order valence-electron chi connectivity index (χ2n) is 4.01. The van der Waals surface area contributed by atoms with Gasteiger partial charge in [0.2, 0.25) is 0 Å². The summed E-state index contributed by atoms with van der Waals surface area (Å²) in [4.78, 5) is 2.15. The highest BCUT2D eigenvalue weighted by Crippen LogP contribution is 2.29. The van der Waals surface area contributed by atoms with Crippen molar-refractivity contribution in [1.29, 1.82) is 0 Å². The van der Waals surface area contributed by atoms with Gasteiger partial charge >= 0.3 is 0 Å². The van der Waals surface area contributed by atoms with Gasteiger partial charge in [-0.15, -0.1) is 6.42 Å². The van der Waals surface area contributed by atoms with E-state index < -0.39 is 6.10 Å². The van der Waals surface area contributed by atoms with Gasteiger partial charge in [0.05, 0.1) is 18.3 Å². The third-order valence-corrected chi connectivity index (χ3v) is 3.21. The van der Waals surface area contributed by atoms with Crippen molar-refractivity contribution in [3.8, 4) is 12.3 Å². The maximum Gasteiger partial charge on any atom is 0.0792 e. The van der Waals surface area contributed by atoms with E-state index in [0.717, 1.165) is 28.7 Å². The van der Waals surface area contributed by atoms with Gasteiger partial charge in [0, 0.05) is 11.0 Å². The summed E-state index contributed by atoms with van der Waals surface area (Å²) >= 11 is 3.53. The van der Waals surface area contributed by atoms with Crippen LogP contribution in [0.15, 0.2) is 22.7 Å². The van der Waals surface area contributed by atoms with Gasteiger partial charge in [-0.1, -0.05) is 18.9 Å². The molecule has 0 aromatic heterocycles. The van der Waals surface area contributed by atoms with Crippen LogP contribution < -0.4 is 4.90 Å². The van der Waals surface area contributed by atoms with Gasteiger partial charge in [0.15, 0.2) is 0 Å². The highest BCUT2D eigenvalue weighted by molar-refractivity contribution is 9.10. The van der Waals surface area contributed by atoms with Crippen LogP contribution in [-0.2, 0) is 0 Å². The van der Waals surface area contributed by atoms with Gasteiger partial charge in [0.1, 0.15) is 0 Å². The molecule has 0 aliphatic carbocycles.